The highest BCUT2D eigenvalue weighted by Crippen LogP contribution is 2.26. The quantitative estimate of drug-likeness (QED) is 0.695. The van der Waals surface area contributed by atoms with E-state index in [4.69, 9.17) is 13.0 Å². The van der Waals surface area contributed by atoms with Gasteiger partial charge in [-0.25, -0.2) is 4.79 Å². The van der Waals surface area contributed by atoms with Gasteiger partial charge in [-0.05, 0) is 48.1 Å². The zero-order chi connectivity index (χ0) is 17.6. The molecule has 1 atom stereocenters. The molecule has 4 heteroatoms. The highest BCUT2D eigenvalue weighted by molar-refractivity contribution is 5.68. The molecule has 1 rings (SSSR count). The third kappa shape index (κ3) is 3.11. The molecule has 1 aliphatic rings. The average Bonchev–Trinajstić information content (AvgIpc) is 2.53. The highest BCUT2D eigenvalue weighted by Gasteiger charge is 2.39. The Kier molecular flexibility index (Phi) is 1.81. The Morgan fingerprint density at radius 1 is 1.50 bits per heavy atom. The minimum Gasteiger partial charge on any atom is -0.444 e. The van der Waals surface area contributed by atoms with Gasteiger partial charge in [-0.15, -0.1) is 0 Å². The van der Waals surface area contributed by atoms with Crippen molar-refractivity contribution in [1.29, 1.82) is 0 Å². The number of carbonyl (C=O) groups is 1. The summed E-state index contributed by atoms with van der Waals surface area (Å²) >= 11 is 0. The molecule has 16 heavy (non-hydrogen) atoms. The molecule has 0 spiro atoms. The summed E-state index contributed by atoms with van der Waals surface area (Å²) in [7, 11) is 0. The molecule has 0 aromatic rings. The average molecular weight is 234 g/mol. The predicted molar refractivity (Wildman–Crippen MR) is 64.5 cm³/mol. The molecule has 0 radical (unpaired) electrons. The van der Waals surface area contributed by atoms with Gasteiger partial charge in [0.15, 0.2) is 0 Å². The van der Waals surface area contributed by atoms with Gasteiger partial charge in [0.2, 0.25) is 0 Å². The van der Waals surface area contributed by atoms with Crippen LogP contribution >= 0.6 is 0 Å². The van der Waals surface area contributed by atoms with Gasteiger partial charge in [0.05, 0.1) is 0 Å². The van der Waals surface area contributed by atoms with Crippen molar-refractivity contribution in [3.8, 4) is 0 Å². The van der Waals surface area contributed by atoms with E-state index >= 15 is 0 Å². The van der Waals surface area contributed by atoms with Gasteiger partial charge < -0.3 is 14.5 Å². The van der Waals surface area contributed by atoms with Gasteiger partial charge in [0, 0.05) is 26.9 Å². The van der Waals surface area contributed by atoms with Crippen LogP contribution in [0.3, 0.4) is 0 Å². The number of carbonyl (C=O) groups excluding carboxylic acids is 1. The normalized spacial score (nSPS) is 33.4. The maximum absolute atomic E-state index is 12.1. The number of nitrogens with zero attached hydrogens (tertiary/aromatic N) is 2. The first kappa shape index (κ1) is 6.84. The minimum atomic E-state index is -2.77. The Balaban J connectivity index is 2.95. The van der Waals surface area contributed by atoms with Crippen LogP contribution in [0.4, 0.5) is 4.79 Å². The van der Waals surface area contributed by atoms with Crippen LogP contribution in [0.15, 0.2) is 0 Å². The maximum atomic E-state index is 12.1. The summed E-state index contributed by atoms with van der Waals surface area (Å²) in [6.45, 7) is 1.46. The lowest BCUT2D eigenvalue weighted by Crippen LogP contribution is -2.45. The second-order valence-corrected chi connectivity index (χ2v) is 5.48. The molecule has 0 aromatic heterocycles. The molecule has 1 unspecified atom stereocenters. The van der Waals surface area contributed by atoms with Crippen molar-refractivity contribution in [2.75, 3.05) is 27.0 Å². The van der Waals surface area contributed by atoms with E-state index in [1.807, 2.05) is 0 Å². The van der Waals surface area contributed by atoms with E-state index in [2.05, 4.69) is 0 Å². The van der Waals surface area contributed by atoms with Crippen LogP contribution in [-0.4, -0.2) is 54.1 Å². The summed E-state index contributed by atoms with van der Waals surface area (Å²) in [4.78, 5) is 14.0. The van der Waals surface area contributed by atoms with Crippen molar-refractivity contribution >= 4 is 6.09 Å². The minimum absolute atomic E-state index is 0.00130. The van der Waals surface area contributed by atoms with Crippen LogP contribution in [0, 0.1) is 0 Å². The van der Waals surface area contributed by atoms with Crippen molar-refractivity contribution in [3.05, 3.63) is 0 Å². The fraction of sp³-hybridized carbons (Fsp3) is 0.917. The summed E-state index contributed by atoms with van der Waals surface area (Å²) in [5.74, 6) is 0. The third-order valence-electron chi connectivity index (χ3n) is 2.64. The van der Waals surface area contributed by atoms with E-state index in [1.54, 1.807) is 27.7 Å². The van der Waals surface area contributed by atoms with Crippen LogP contribution in [-0.2, 0) is 4.74 Å². The smallest absolute Gasteiger partial charge is 0.410 e. The van der Waals surface area contributed by atoms with Crippen molar-refractivity contribution in [3.63, 3.8) is 0 Å². The molecule has 0 aliphatic carbocycles. The monoisotopic (exact) mass is 234 g/mol. The molecular weight excluding hydrogens is 204 g/mol. The van der Waals surface area contributed by atoms with Crippen LogP contribution in [0.1, 0.15) is 42.3 Å². The Labute approximate surface area is 107 Å². The molecular formula is C12H24N2O2. The number of ether oxygens (including phenoxy) is 1. The van der Waals surface area contributed by atoms with Gasteiger partial charge in [0.25, 0.3) is 0 Å². The third-order valence-corrected chi connectivity index (χ3v) is 2.64. The molecule has 1 amide bonds. The predicted octanol–water partition coefficient (Wildman–Crippen LogP) is 1.95. The van der Waals surface area contributed by atoms with E-state index in [0.29, 0.717) is 4.90 Å². The molecule has 0 bridgehead atoms. The molecule has 1 fully saturated rings. The van der Waals surface area contributed by atoms with Gasteiger partial charge in [-0.2, -0.15) is 0 Å². The summed E-state index contributed by atoms with van der Waals surface area (Å²) in [6.07, 6.45) is -0.310. The lowest BCUT2D eigenvalue weighted by Gasteiger charge is -2.32. The standard InChI is InChI=1S/C12H24N2O2/c1-11(2,3)16-10(15)14-8-7-12(4,9-14)13(5)6/h7-9H2,1-6H3/i5D3,6D3. The lowest BCUT2D eigenvalue weighted by atomic mass is 10.0. The molecule has 4 nitrogen and oxygen atoms in total. The van der Waals surface area contributed by atoms with Crippen LogP contribution in [0.2, 0.25) is 0 Å². The Morgan fingerprint density at radius 2 is 2.12 bits per heavy atom. The molecule has 0 saturated carbocycles. The highest BCUT2D eigenvalue weighted by atomic mass is 16.6. The van der Waals surface area contributed by atoms with Gasteiger partial charge in [0.1, 0.15) is 5.60 Å². The van der Waals surface area contributed by atoms with Crippen LogP contribution in [0.5, 0.6) is 0 Å². The number of hydrogen-bond donors (Lipinski definition) is 0. The van der Waals surface area contributed by atoms with Gasteiger partial charge >= 0.3 is 6.09 Å². The van der Waals surface area contributed by atoms with Gasteiger partial charge in [-0.1, -0.05) is 0 Å². The largest absolute Gasteiger partial charge is 0.444 e. The first-order valence-electron chi connectivity index (χ1n) is 8.35. The van der Waals surface area contributed by atoms with Crippen molar-refractivity contribution < 1.29 is 17.8 Å². The maximum Gasteiger partial charge on any atom is 0.410 e. The summed E-state index contributed by atoms with van der Waals surface area (Å²) < 4.78 is 50.4. The van der Waals surface area contributed by atoms with E-state index in [1.165, 1.54) is 4.90 Å². The van der Waals surface area contributed by atoms with Crippen LogP contribution in [0.25, 0.3) is 0 Å². The first-order valence-corrected chi connectivity index (χ1v) is 5.35. The molecule has 0 aromatic carbocycles. The number of amides is 1. The van der Waals surface area contributed by atoms with E-state index in [9.17, 15) is 4.79 Å². The number of rotatable bonds is 1. The zero-order valence-electron chi connectivity index (χ0n) is 16.3. The Bertz CT molecular complexity index is 415. The SMILES string of the molecule is [2H]C([2H])([2H])N(C([2H])([2H])[2H])C1(C)CCN(C(=O)OC(C)(C)C)C1. The van der Waals surface area contributed by atoms with Crippen LogP contribution < -0.4 is 0 Å². The molecule has 94 valence electrons. The van der Waals surface area contributed by atoms with Gasteiger partial charge in [-0.3, -0.25) is 0 Å². The summed E-state index contributed by atoms with van der Waals surface area (Å²) in [6, 6.07) is 0. The molecule has 1 heterocycles. The second kappa shape index (κ2) is 4.24. The number of hydrogen-bond acceptors (Lipinski definition) is 3. The van der Waals surface area contributed by atoms with Crippen molar-refractivity contribution in [2.45, 2.75) is 45.3 Å². The fourth-order valence-electron chi connectivity index (χ4n) is 1.61. The topological polar surface area (TPSA) is 32.8 Å². The molecule has 1 saturated heterocycles. The van der Waals surface area contributed by atoms with Crippen molar-refractivity contribution in [1.82, 2.24) is 9.80 Å². The first-order chi connectivity index (χ1) is 9.56. The zero-order valence-corrected chi connectivity index (χ0v) is 10.3. The summed E-state index contributed by atoms with van der Waals surface area (Å²) in [5, 5.41) is 0. The Morgan fingerprint density at radius 3 is 2.62 bits per heavy atom. The van der Waals surface area contributed by atoms with Crippen molar-refractivity contribution in [2.24, 2.45) is 0 Å². The van der Waals surface area contributed by atoms with E-state index in [-0.39, 0.29) is 19.5 Å². The Hall–Kier alpha value is -0.770. The van der Waals surface area contributed by atoms with E-state index < -0.39 is 31.2 Å². The number of likely N-dealkylation sites (tertiary alicyclic amines) is 1. The van der Waals surface area contributed by atoms with E-state index in [0.717, 1.165) is 0 Å². The molecule has 0 N–H and O–H groups in total. The second-order valence-electron chi connectivity index (χ2n) is 5.48. The summed E-state index contributed by atoms with van der Waals surface area (Å²) in [5.41, 5.74) is -1.82. The lowest BCUT2D eigenvalue weighted by molar-refractivity contribution is 0.0265. The number of likely N-dealkylation sites (N-methyl/N-ethyl adjacent to an activating group) is 1. The molecule has 1 aliphatic heterocycles. The fourth-order valence-corrected chi connectivity index (χ4v) is 1.61.